The van der Waals surface area contributed by atoms with Crippen LogP contribution in [0.4, 0.5) is 0 Å². The van der Waals surface area contributed by atoms with E-state index in [4.69, 9.17) is 0 Å². The molecule has 0 radical (unpaired) electrons. The molecule has 0 saturated heterocycles. The zero-order valence-electron chi connectivity index (χ0n) is 4.92. The molecule has 0 bridgehead atoms. The Morgan fingerprint density at radius 3 is 2.67 bits per heavy atom. The standard InChI is InChI=1S/C4H7NO2S2/c1-9(6,7)4-2-3-5-8-4/h2,5H,3H2,1H3. The second-order valence-electron chi connectivity index (χ2n) is 1.75. The number of hydrogen-bond acceptors (Lipinski definition) is 4. The molecule has 5 heteroatoms. The topological polar surface area (TPSA) is 46.2 Å². The Morgan fingerprint density at radius 2 is 2.44 bits per heavy atom. The SMILES string of the molecule is CS(=O)(=O)C1=CCNS1. The maximum atomic E-state index is 10.7. The van der Waals surface area contributed by atoms with E-state index in [1.165, 1.54) is 18.2 Å². The quantitative estimate of drug-likeness (QED) is 0.561. The van der Waals surface area contributed by atoms with Crippen LogP contribution in [0.25, 0.3) is 0 Å². The predicted octanol–water partition coefficient (Wildman–Crippen LogP) is 0.124. The molecule has 0 amide bonds. The average molecular weight is 165 g/mol. The van der Waals surface area contributed by atoms with Crippen molar-refractivity contribution in [2.24, 2.45) is 0 Å². The molecule has 0 aromatic heterocycles. The van der Waals surface area contributed by atoms with E-state index in [1.807, 2.05) is 0 Å². The molecule has 1 rings (SSSR count). The molecule has 0 aliphatic carbocycles. The highest BCUT2D eigenvalue weighted by atomic mass is 32.3. The highest BCUT2D eigenvalue weighted by molar-refractivity contribution is 8.17. The van der Waals surface area contributed by atoms with E-state index in [9.17, 15) is 8.42 Å². The first-order valence-electron chi connectivity index (χ1n) is 2.40. The largest absolute Gasteiger partial charge is 0.255 e. The molecule has 0 saturated carbocycles. The smallest absolute Gasteiger partial charge is 0.182 e. The predicted molar refractivity (Wildman–Crippen MR) is 38.5 cm³/mol. The number of nitrogens with one attached hydrogen (secondary N) is 1. The van der Waals surface area contributed by atoms with Gasteiger partial charge >= 0.3 is 0 Å². The van der Waals surface area contributed by atoms with Crippen LogP contribution in [-0.4, -0.2) is 21.2 Å². The van der Waals surface area contributed by atoms with Gasteiger partial charge in [-0.3, -0.25) is 4.72 Å². The van der Waals surface area contributed by atoms with Crippen molar-refractivity contribution in [3.63, 3.8) is 0 Å². The number of rotatable bonds is 1. The van der Waals surface area contributed by atoms with Crippen LogP contribution < -0.4 is 4.72 Å². The van der Waals surface area contributed by atoms with Crippen LogP contribution in [0.5, 0.6) is 0 Å². The summed E-state index contributed by atoms with van der Waals surface area (Å²) >= 11 is 1.17. The van der Waals surface area contributed by atoms with E-state index in [0.717, 1.165) is 0 Å². The average Bonchev–Trinajstić information content (AvgIpc) is 2.08. The van der Waals surface area contributed by atoms with Crippen molar-refractivity contribution >= 4 is 21.8 Å². The Kier molecular flexibility index (Phi) is 1.83. The van der Waals surface area contributed by atoms with Crippen LogP contribution in [-0.2, 0) is 9.84 Å². The van der Waals surface area contributed by atoms with Crippen molar-refractivity contribution in [2.45, 2.75) is 0 Å². The lowest BCUT2D eigenvalue weighted by atomic mass is 10.7. The lowest BCUT2D eigenvalue weighted by molar-refractivity contribution is 0.609. The second-order valence-corrected chi connectivity index (χ2v) is 4.92. The molecule has 0 unspecified atom stereocenters. The molecule has 0 aromatic carbocycles. The summed E-state index contributed by atoms with van der Waals surface area (Å²) in [6, 6.07) is 0. The van der Waals surface area contributed by atoms with Crippen molar-refractivity contribution in [1.82, 2.24) is 4.72 Å². The van der Waals surface area contributed by atoms with Gasteiger partial charge < -0.3 is 0 Å². The third kappa shape index (κ3) is 1.70. The van der Waals surface area contributed by atoms with Gasteiger partial charge in [-0.25, -0.2) is 8.42 Å². The van der Waals surface area contributed by atoms with Gasteiger partial charge in [-0.05, 0) is 18.0 Å². The van der Waals surface area contributed by atoms with Gasteiger partial charge in [-0.15, -0.1) is 0 Å². The molecule has 0 fully saturated rings. The van der Waals surface area contributed by atoms with Crippen LogP contribution in [0.3, 0.4) is 0 Å². The van der Waals surface area contributed by atoms with E-state index in [0.29, 0.717) is 10.8 Å². The maximum absolute atomic E-state index is 10.7. The van der Waals surface area contributed by atoms with E-state index in [1.54, 1.807) is 6.08 Å². The highest BCUT2D eigenvalue weighted by Gasteiger charge is 2.14. The summed E-state index contributed by atoms with van der Waals surface area (Å²) in [6.07, 6.45) is 2.87. The fourth-order valence-electron chi connectivity index (χ4n) is 0.507. The molecule has 0 aromatic rings. The molecule has 1 aliphatic heterocycles. The minimum Gasteiger partial charge on any atom is -0.255 e. The molecular formula is C4H7NO2S2. The molecule has 9 heavy (non-hydrogen) atoms. The van der Waals surface area contributed by atoms with Crippen LogP contribution in [0.2, 0.25) is 0 Å². The van der Waals surface area contributed by atoms with E-state index < -0.39 is 9.84 Å². The lowest BCUT2D eigenvalue weighted by Crippen LogP contribution is -1.97. The normalized spacial score (nSPS) is 19.9. The van der Waals surface area contributed by atoms with Gasteiger partial charge in [-0.2, -0.15) is 0 Å². The van der Waals surface area contributed by atoms with Crippen LogP contribution in [0.1, 0.15) is 0 Å². The summed E-state index contributed by atoms with van der Waals surface area (Å²) in [5, 5.41) is 0. The first-order chi connectivity index (χ1) is 4.11. The van der Waals surface area contributed by atoms with E-state index >= 15 is 0 Å². The zero-order valence-corrected chi connectivity index (χ0v) is 6.55. The third-order valence-corrected chi connectivity index (χ3v) is 3.62. The molecule has 1 N–H and O–H groups in total. The van der Waals surface area contributed by atoms with Gasteiger partial charge in [0.15, 0.2) is 9.84 Å². The summed E-state index contributed by atoms with van der Waals surface area (Å²) in [5.41, 5.74) is 0. The summed E-state index contributed by atoms with van der Waals surface area (Å²) in [6.45, 7) is 0.646. The maximum Gasteiger partial charge on any atom is 0.182 e. The molecule has 1 aliphatic rings. The first-order valence-corrected chi connectivity index (χ1v) is 5.11. The minimum absolute atomic E-state index is 0.433. The van der Waals surface area contributed by atoms with Crippen molar-refractivity contribution in [3.05, 3.63) is 10.3 Å². The number of sulfone groups is 1. The monoisotopic (exact) mass is 165 g/mol. The molecule has 1 heterocycles. The summed E-state index contributed by atoms with van der Waals surface area (Å²) in [5.74, 6) is 0. The van der Waals surface area contributed by atoms with E-state index in [-0.39, 0.29) is 0 Å². The van der Waals surface area contributed by atoms with Crippen molar-refractivity contribution in [3.8, 4) is 0 Å². The third-order valence-electron chi connectivity index (χ3n) is 0.890. The Morgan fingerprint density at radius 1 is 1.78 bits per heavy atom. The van der Waals surface area contributed by atoms with Gasteiger partial charge in [0, 0.05) is 12.8 Å². The van der Waals surface area contributed by atoms with Crippen molar-refractivity contribution in [2.75, 3.05) is 12.8 Å². The first kappa shape index (κ1) is 7.11. The van der Waals surface area contributed by atoms with Crippen LogP contribution >= 0.6 is 11.9 Å². The van der Waals surface area contributed by atoms with Crippen molar-refractivity contribution < 1.29 is 8.42 Å². The molecule has 0 spiro atoms. The van der Waals surface area contributed by atoms with Crippen molar-refractivity contribution in [1.29, 1.82) is 0 Å². The summed E-state index contributed by atoms with van der Waals surface area (Å²) in [7, 11) is -2.94. The summed E-state index contributed by atoms with van der Waals surface area (Å²) in [4.78, 5) is 0. The van der Waals surface area contributed by atoms with Crippen LogP contribution in [0.15, 0.2) is 10.3 Å². The minimum atomic E-state index is -2.94. The Hall–Kier alpha value is -0.0000000000000000555. The van der Waals surface area contributed by atoms with Crippen LogP contribution in [0, 0.1) is 0 Å². The molecule has 3 nitrogen and oxygen atoms in total. The highest BCUT2D eigenvalue weighted by Crippen LogP contribution is 2.21. The Balaban J connectivity index is 2.87. The fourth-order valence-corrected chi connectivity index (χ4v) is 2.15. The van der Waals surface area contributed by atoms with Gasteiger partial charge in [0.2, 0.25) is 0 Å². The molecular weight excluding hydrogens is 158 g/mol. The molecule has 52 valence electrons. The zero-order chi connectivity index (χ0) is 6.91. The molecule has 0 atom stereocenters. The van der Waals surface area contributed by atoms with Gasteiger partial charge in [0.25, 0.3) is 0 Å². The number of hydrogen-bond donors (Lipinski definition) is 1. The fraction of sp³-hybridized carbons (Fsp3) is 0.500. The lowest BCUT2D eigenvalue weighted by Gasteiger charge is -1.93. The van der Waals surface area contributed by atoms with Gasteiger partial charge in [0.05, 0.1) is 0 Å². The van der Waals surface area contributed by atoms with Gasteiger partial charge in [-0.1, -0.05) is 0 Å². The Bertz CT molecular complexity index is 229. The second kappa shape index (κ2) is 2.32. The Labute approximate surface area is 58.6 Å². The van der Waals surface area contributed by atoms with Gasteiger partial charge in [0.1, 0.15) is 4.24 Å². The summed E-state index contributed by atoms with van der Waals surface area (Å²) < 4.78 is 24.7. The van der Waals surface area contributed by atoms with E-state index in [2.05, 4.69) is 4.72 Å².